The molecule has 21 heavy (non-hydrogen) atoms. The Morgan fingerprint density at radius 2 is 1.95 bits per heavy atom. The number of hydrogen-bond donors (Lipinski definition) is 0. The van der Waals surface area contributed by atoms with Crippen LogP contribution in [0, 0.1) is 0 Å². The maximum atomic E-state index is 12.5. The minimum absolute atomic E-state index is 0.307. The lowest BCUT2D eigenvalue weighted by Crippen LogP contribution is -2.33. The van der Waals surface area contributed by atoms with Gasteiger partial charge in [0.2, 0.25) is 0 Å². The highest BCUT2D eigenvalue weighted by molar-refractivity contribution is 5.69. The number of hydrogen-bond acceptors (Lipinski definition) is 3. The Labute approximate surface area is 121 Å². The highest BCUT2D eigenvalue weighted by Crippen LogP contribution is 2.29. The molecule has 1 aromatic rings. The number of carbonyl (C=O) groups is 1. The fourth-order valence-electron chi connectivity index (χ4n) is 2.11. The van der Waals surface area contributed by atoms with Gasteiger partial charge in [-0.2, -0.15) is 13.2 Å². The van der Waals surface area contributed by atoms with Crippen LogP contribution in [0.3, 0.4) is 0 Å². The number of rotatable bonds is 5. The number of benzene rings is 1. The normalized spacial score (nSPS) is 15.7. The third-order valence-electron chi connectivity index (χ3n) is 3.33. The second-order valence-electron chi connectivity index (χ2n) is 5.03. The van der Waals surface area contributed by atoms with Crippen molar-refractivity contribution in [2.45, 2.75) is 12.7 Å². The third-order valence-corrected chi connectivity index (χ3v) is 3.33. The van der Waals surface area contributed by atoms with Gasteiger partial charge in [-0.1, -0.05) is 12.1 Å². The van der Waals surface area contributed by atoms with Crippen molar-refractivity contribution in [3.8, 4) is 0 Å². The molecule has 7 heteroatoms. The molecule has 0 aliphatic carbocycles. The first-order valence-corrected chi connectivity index (χ1v) is 6.62. The molecule has 1 aromatic carbocycles. The number of alkyl halides is 3. The lowest BCUT2D eigenvalue weighted by atomic mass is 10.1. The molecule has 116 valence electrons. The van der Waals surface area contributed by atoms with Crippen LogP contribution in [0.2, 0.25) is 0 Å². The van der Waals surface area contributed by atoms with Crippen molar-refractivity contribution >= 4 is 6.09 Å². The summed E-state index contributed by atoms with van der Waals surface area (Å²) < 4.78 is 42.2. The average molecular weight is 302 g/mol. The van der Waals surface area contributed by atoms with Crippen molar-refractivity contribution in [3.05, 3.63) is 35.4 Å². The van der Waals surface area contributed by atoms with E-state index in [2.05, 4.69) is 0 Å². The first-order chi connectivity index (χ1) is 9.86. The van der Waals surface area contributed by atoms with E-state index in [1.54, 1.807) is 4.90 Å². The molecule has 1 heterocycles. The number of amides is 1. The van der Waals surface area contributed by atoms with Gasteiger partial charge < -0.3 is 14.5 Å². The van der Waals surface area contributed by atoms with E-state index in [0.29, 0.717) is 32.8 Å². The quantitative estimate of drug-likeness (QED) is 0.838. The average Bonchev–Trinajstić information content (AvgIpc) is 2.81. The lowest BCUT2D eigenvalue weighted by Gasteiger charge is -2.20. The van der Waals surface area contributed by atoms with Gasteiger partial charge in [-0.3, -0.25) is 0 Å². The Hall–Kier alpha value is -1.76. The van der Waals surface area contributed by atoms with Crippen LogP contribution in [0.15, 0.2) is 24.3 Å². The van der Waals surface area contributed by atoms with Gasteiger partial charge in [0.1, 0.15) is 6.61 Å². The molecule has 0 aromatic heterocycles. The Bertz CT molecular complexity index is 488. The molecule has 1 aliphatic heterocycles. The predicted molar refractivity (Wildman–Crippen MR) is 70.7 cm³/mol. The fourth-order valence-corrected chi connectivity index (χ4v) is 2.11. The first-order valence-electron chi connectivity index (χ1n) is 6.62. The zero-order valence-corrected chi connectivity index (χ0v) is 11.7. The van der Waals surface area contributed by atoms with Crippen LogP contribution in [-0.4, -0.2) is 49.2 Å². The van der Waals surface area contributed by atoms with Crippen molar-refractivity contribution in [1.29, 1.82) is 0 Å². The molecule has 0 unspecified atom stereocenters. The van der Waals surface area contributed by atoms with E-state index in [4.69, 9.17) is 4.74 Å². The van der Waals surface area contributed by atoms with Crippen LogP contribution in [0.25, 0.3) is 0 Å². The maximum Gasteiger partial charge on any atom is 0.416 e. The molecule has 1 aliphatic rings. The molecule has 0 bridgehead atoms. The van der Waals surface area contributed by atoms with Crippen LogP contribution < -0.4 is 0 Å². The molecule has 0 saturated carbocycles. The maximum absolute atomic E-state index is 12.5. The second-order valence-corrected chi connectivity index (χ2v) is 5.03. The third kappa shape index (κ3) is 4.35. The molecule has 0 atom stereocenters. The fraction of sp³-hybridized carbons (Fsp3) is 0.500. The van der Waals surface area contributed by atoms with Gasteiger partial charge in [-0.25, -0.2) is 4.79 Å². The summed E-state index contributed by atoms with van der Waals surface area (Å²) in [5.74, 6) is 0. The summed E-state index contributed by atoms with van der Waals surface area (Å²) >= 11 is 0. The number of ether oxygens (including phenoxy) is 1. The topological polar surface area (TPSA) is 32.8 Å². The smallest absolute Gasteiger partial charge is 0.416 e. The molecular weight excluding hydrogens is 285 g/mol. The van der Waals surface area contributed by atoms with Crippen molar-refractivity contribution in [2.24, 2.45) is 0 Å². The van der Waals surface area contributed by atoms with E-state index >= 15 is 0 Å². The molecule has 1 fully saturated rings. The summed E-state index contributed by atoms with van der Waals surface area (Å²) in [6, 6.07) is 5.12. The van der Waals surface area contributed by atoms with Crippen LogP contribution in [-0.2, 0) is 17.5 Å². The van der Waals surface area contributed by atoms with Gasteiger partial charge in [-0.05, 0) is 24.7 Å². The van der Waals surface area contributed by atoms with E-state index < -0.39 is 11.7 Å². The highest BCUT2D eigenvalue weighted by atomic mass is 19.4. The van der Waals surface area contributed by atoms with Gasteiger partial charge in [0.05, 0.1) is 12.1 Å². The van der Waals surface area contributed by atoms with E-state index in [9.17, 15) is 18.0 Å². The zero-order chi connectivity index (χ0) is 15.5. The standard InChI is InChI=1S/C14H17F3N2O2/c1-18(6-7-19-8-9-21-13(19)20)10-11-2-4-12(5-3-11)14(15,16)17/h2-5H,6-10H2,1H3. The molecule has 1 amide bonds. The van der Waals surface area contributed by atoms with Gasteiger partial charge in [0.25, 0.3) is 0 Å². The summed E-state index contributed by atoms with van der Waals surface area (Å²) in [6.45, 7) is 2.72. The molecular formula is C14H17F3N2O2. The van der Waals surface area contributed by atoms with Crippen LogP contribution >= 0.6 is 0 Å². The predicted octanol–water partition coefficient (Wildman–Crippen LogP) is 2.59. The van der Waals surface area contributed by atoms with Crippen molar-refractivity contribution in [1.82, 2.24) is 9.80 Å². The molecule has 2 rings (SSSR count). The van der Waals surface area contributed by atoms with Crippen LogP contribution in [0.5, 0.6) is 0 Å². The Balaban J connectivity index is 1.82. The highest BCUT2D eigenvalue weighted by Gasteiger charge is 2.30. The van der Waals surface area contributed by atoms with Crippen LogP contribution in [0.1, 0.15) is 11.1 Å². The van der Waals surface area contributed by atoms with Crippen molar-refractivity contribution in [2.75, 3.05) is 33.3 Å². The van der Waals surface area contributed by atoms with Gasteiger partial charge >= 0.3 is 12.3 Å². The number of likely N-dealkylation sites (N-methyl/N-ethyl adjacent to an activating group) is 1. The molecule has 1 saturated heterocycles. The number of halogens is 3. The Kier molecular flexibility index (Phi) is 4.72. The van der Waals surface area contributed by atoms with E-state index in [1.807, 2.05) is 11.9 Å². The molecule has 4 nitrogen and oxygen atoms in total. The zero-order valence-electron chi connectivity index (χ0n) is 11.7. The number of cyclic esters (lactones) is 1. The SMILES string of the molecule is CN(CCN1CCOC1=O)Cc1ccc(C(F)(F)F)cc1. The number of nitrogens with zero attached hydrogens (tertiary/aromatic N) is 2. The van der Waals surface area contributed by atoms with E-state index in [1.165, 1.54) is 12.1 Å². The van der Waals surface area contributed by atoms with E-state index in [0.717, 1.165) is 17.7 Å². The number of carbonyl (C=O) groups excluding carboxylic acids is 1. The Morgan fingerprint density at radius 1 is 1.29 bits per heavy atom. The Morgan fingerprint density at radius 3 is 2.48 bits per heavy atom. The van der Waals surface area contributed by atoms with Crippen molar-refractivity contribution in [3.63, 3.8) is 0 Å². The summed E-state index contributed by atoms with van der Waals surface area (Å²) in [7, 11) is 1.86. The minimum Gasteiger partial charge on any atom is -0.448 e. The molecule has 0 spiro atoms. The summed E-state index contributed by atoms with van der Waals surface area (Å²) in [4.78, 5) is 14.8. The monoisotopic (exact) mass is 302 g/mol. The van der Waals surface area contributed by atoms with Gasteiger partial charge in [0, 0.05) is 19.6 Å². The second kappa shape index (κ2) is 6.34. The summed E-state index contributed by atoms with van der Waals surface area (Å²) in [5, 5.41) is 0. The van der Waals surface area contributed by atoms with Gasteiger partial charge in [0.15, 0.2) is 0 Å². The summed E-state index contributed by atoms with van der Waals surface area (Å²) in [6.07, 6.45) is -4.61. The van der Waals surface area contributed by atoms with Crippen molar-refractivity contribution < 1.29 is 22.7 Å². The van der Waals surface area contributed by atoms with Gasteiger partial charge in [-0.15, -0.1) is 0 Å². The van der Waals surface area contributed by atoms with E-state index in [-0.39, 0.29) is 6.09 Å². The minimum atomic E-state index is -4.31. The molecule has 0 N–H and O–H groups in total. The molecule has 0 radical (unpaired) electrons. The van der Waals surface area contributed by atoms with Crippen LogP contribution in [0.4, 0.5) is 18.0 Å². The lowest BCUT2D eigenvalue weighted by molar-refractivity contribution is -0.137. The summed E-state index contributed by atoms with van der Waals surface area (Å²) in [5.41, 5.74) is 0.156. The largest absolute Gasteiger partial charge is 0.448 e. The first kappa shape index (κ1) is 15.6.